The molecule has 0 radical (unpaired) electrons. The maximum atomic E-state index is 9.29. The van der Waals surface area contributed by atoms with Gasteiger partial charge in [0.25, 0.3) is 0 Å². The Bertz CT molecular complexity index is 776. The Morgan fingerprint density at radius 2 is 2.11 bits per heavy atom. The third kappa shape index (κ3) is 2.12. The van der Waals surface area contributed by atoms with Crippen LogP contribution >= 0.6 is 0 Å². The van der Waals surface area contributed by atoms with E-state index in [2.05, 4.69) is 16.0 Å². The molecule has 3 aromatic rings. The van der Waals surface area contributed by atoms with Gasteiger partial charge in [0.1, 0.15) is 0 Å². The number of nitriles is 1. The Morgan fingerprint density at radius 1 is 1.21 bits per heavy atom. The Balaban J connectivity index is 2.12. The Hall–Kier alpha value is -2.86. The minimum absolute atomic E-state index is 0.609. The quantitative estimate of drug-likeness (QED) is 0.701. The molecule has 3 rings (SSSR count). The van der Waals surface area contributed by atoms with Gasteiger partial charge in [-0.15, -0.1) is 0 Å². The van der Waals surface area contributed by atoms with Crippen molar-refractivity contribution in [2.45, 2.75) is 0 Å². The first-order chi connectivity index (χ1) is 9.38. The molecule has 90 valence electrons. The third-order valence-corrected chi connectivity index (χ3v) is 3.01. The number of fused-ring (bicyclic) bond motifs is 1. The fourth-order valence-electron chi connectivity index (χ4n) is 2.07. The molecule has 0 unspecified atom stereocenters. The summed E-state index contributed by atoms with van der Waals surface area (Å²) in [5, 5.41) is 10.4. The third-order valence-electron chi connectivity index (χ3n) is 3.01. The number of nitrogens with one attached hydrogen (secondary N) is 1. The van der Waals surface area contributed by atoms with Crippen LogP contribution in [0.1, 0.15) is 11.1 Å². The van der Waals surface area contributed by atoms with Gasteiger partial charge in [-0.2, -0.15) is 5.26 Å². The first-order valence-electron chi connectivity index (χ1n) is 5.97. The molecule has 0 aliphatic rings. The lowest BCUT2D eigenvalue weighted by atomic mass is 10.1. The molecule has 0 aliphatic heterocycles. The van der Waals surface area contributed by atoms with Crippen LogP contribution in [0.15, 0.2) is 55.0 Å². The summed E-state index contributed by atoms with van der Waals surface area (Å²) in [5.41, 5.74) is 3.52. The lowest BCUT2D eigenvalue weighted by molar-refractivity contribution is 1.31. The van der Waals surface area contributed by atoms with E-state index in [1.165, 1.54) is 0 Å². The number of nitrogens with zero attached hydrogens (tertiary/aromatic N) is 2. The van der Waals surface area contributed by atoms with Gasteiger partial charge in [-0.1, -0.05) is 24.3 Å². The predicted octanol–water partition coefficient (Wildman–Crippen LogP) is 3.63. The van der Waals surface area contributed by atoms with E-state index >= 15 is 0 Å². The van der Waals surface area contributed by atoms with Crippen LogP contribution in [0.3, 0.4) is 0 Å². The number of hydrogen-bond donors (Lipinski definition) is 1. The maximum Gasteiger partial charge on any atom is 0.0998 e. The highest BCUT2D eigenvalue weighted by Gasteiger charge is 2.04. The molecule has 0 saturated heterocycles. The van der Waals surface area contributed by atoms with Gasteiger partial charge in [0.2, 0.25) is 0 Å². The molecular formula is C16H11N3. The monoisotopic (exact) mass is 245 g/mol. The van der Waals surface area contributed by atoms with E-state index in [9.17, 15) is 5.26 Å². The van der Waals surface area contributed by atoms with Crippen molar-refractivity contribution in [2.75, 3.05) is 0 Å². The molecule has 0 bridgehead atoms. The van der Waals surface area contributed by atoms with E-state index in [-0.39, 0.29) is 0 Å². The van der Waals surface area contributed by atoms with Crippen molar-refractivity contribution in [3.8, 4) is 6.07 Å². The number of para-hydroxylation sites is 1. The van der Waals surface area contributed by atoms with Crippen LogP contribution < -0.4 is 0 Å². The summed E-state index contributed by atoms with van der Waals surface area (Å²) < 4.78 is 0. The van der Waals surface area contributed by atoms with Crippen LogP contribution in [0.5, 0.6) is 0 Å². The molecule has 2 aromatic heterocycles. The van der Waals surface area contributed by atoms with Crippen LogP contribution in [-0.2, 0) is 0 Å². The van der Waals surface area contributed by atoms with Gasteiger partial charge in [-0.3, -0.25) is 4.98 Å². The van der Waals surface area contributed by atoms with E-state index in [0.717, 1.165) is 22.0 Å². The molecule has 3 heteroatoms. The first kappa shape index (κ1) is 11.2. The molecule has 3 nitrogen and oxygen atoms in total. The molecule has 0 atom stereocenters. The molecule has 0 saturated carbocycles. The van der Waals surface area contributed by atoms with Gasteiger partial charge in [0, 0.05) is 40.6 Å². The fraction of sp³-hybridized carbons (Fsp3) is 0. The number of hydrogen-bond acceptors (Lipinski definition) is 2. The van der Waals surface area contributed by atoms with Crippen LogP contribution in [0, 0.1) is 11.3 Å². The van der Waals surface area contributed by atoms with Gasteiger partial charge < -0.3 is 4.98 Å². The maximum absolute atomic E-state index is 9.29. The summed E-state index contributed by atoms with van der Waals surface area (Å²) in [5.74, 6) is 0. The molecule has 0 fully saturated rings. The zero-order chi connectivity index (χ0) is 13.1. The predicted molar refractivity (Wildman–Crippen MR) is 76.0 cm³/mol. The van der Waals surface area contributed by atoms with Crippen molar-refractivity contribution in [1.29, 1.82) is 5.26 Å². The van der Waals surface area contributed by atoms with Gasteiger partial charge in [0.05, 0.1) is 11.6 Å². The Labute approximate surface area is 110 Å². The topological polar surface area (TPSA) is 52.5 Å². The zero-order valence-electron chi connectivity index (χ0n) is 10.2. The number of aromatic nitrogens is 2. The number of H-pyrrole nitrogens is 1. The summed E-state index contributed by atoms with van der Waals surface area (Å²) in [6.45, 7) is 0. The van der Waals surface area contributed by atoms with E-state index in [0.29, 0.717) is 5.57 Å². The fourth-order valence-corrected chi connectivity index (χ4v) is 2.07. The lowest BCUT2D eigenvalue weighted by Gasteiger charge is -1.97. The lowest BCUT2D eigenvalue weighted by Crippen LogP contribution is -1.82. The summed E-state index contributed by atoms with van der Waals surface area (Å²) in [6.07, 6.45) is 7.20. The van der Waals surface area contributed by atoms with E-state index in [4.69, 9.17) is 0 Å². The van der Waals surface area contributed by atoms with Gasteiger partial charge >= 0.3 is 0 Å². The summed E-state index contributed by atoms with van der Waals surface area (Å²) in [7, 11) is 0. The largest absolute Gasteiger partial charge is 0.361 e. The van der Waals surface area contributed by atoms with Gasteiger partial charge in [-0.05, 0) is 18.2 Å². The van der Waals surface area contributed by atoms with Crippen molar-refractivity contribution in [3.05, 3.63) is 66.1 Å². The molecule has 0 aliphatic carbocycles. The molecule has 1 N–H and O–H groups in total. The normalized spacial score (nSPS) is 11.4. The highest BCUT2D eigenvalue weighted by molar-refractivity contribution is 5.97. The Kier molecular flexibility index (Phi) is 2.83. The second-order valence-electron chi connectivity index (χ2n) is 4.20. The highest BCUT2D eigenvalue weighted by atomic mass is 14.7. The van der Waals surface area contributed by atoms with E-state index < -0.39 is 0 Å². The molecule has 2 heterocycles. The van der Waals surface area contributed by atoms with Crippen molar-refractivity contribution in [1.82, 2.24) is 9.97 Å². The number of benzene rings is 1. The van der Waals surface area contributed by atoms with Crippen molar-refractivity contribution >= 4 is 22.6 Å². The standard InChI is InChI=1S/C16H11N3/c17-9-13(12-4-3-7-18-10-12)8-14-11-19-16-6-2-1-5-15(14)16/h1-8,10-11,19H. The molecular weight excluding hydrogens is 234 g/mol. The second-order valence-corrected chi connectivity index (χ2v) is 4.20. The van der Waals surface area contributed by atoms with Crippen LogP contribution in [0.2, 0.25) is 0 Å². The number of aromatic amines is 1. The highest BCUT2D eigenvalue weighted by Crippen LogP contribution is 2.23. The van der Waals surface area contributed by atoms with Crippen molar-refractivity contribution in [2.24, 2.45) is 0 Å². The summed E-state index contributed by atoms with van der Waals surface area (Å²) in [6, 6.07) is 14.0. The number of rotatable bonds is 2. The van der Waals surface area contributed by atoms with Crippen LogP contribution in [0.25, 0.3) is 22.6 Å². The molecule has 0 spiro atoms. The van der Waals surface area contributed by atoms with Gasteiger partial charge in [-0.25, -0.2) is 0 Å². The van der Waals surface area contributed by atoms with E-state index in [1.54, 1.807) is 12.4 Å². The Morgan fingerprint density at radius 3 is 2.89 bits per heavy atom. The minimum atomic E-state index is 0.609. The summed E-state index contributed by atoms with van der Waals surface area (Å²) >= 11 is 0. The van der Waals surface area contributed by atoms with Crippen LogP contribution in [-0.4, -0.2) is 9.97 Å². The van der Waals surface area contributed by atoms with Crippen molar-refractivity contribution in [3.63, 3.8) is 0 Å². The summed E-state index contributed by atoms with van der Waals surface area (Å²) in [4.78, 5) is 7.24. The smallest absolute Gasteiger partial charge is 0.0998 e. The number of pyridine rings is 1. The second kappa shape index (κ2) is 4.79. The average molecular weight is 245 g/mol. The molecule has 19 heavy (non-hydrogen) atoms. The minimum Gasteiger partial charge on any atom is -0.361 e. The zero-order valence-corrected chi connectivity index (χ0v) is 10.2. The first-order valence-corrected chi connectivity index (χ1v) is 5.97. The van der Waals surface area contributed by atoms with Crippen molar-refractivity contribution < 1.29 is 0 Å². The molecule has 0 amide bonds. The average Bonchev–Trinajstić information content (AvgIpc) is 2.89. The van der Waals surface area contributed by atoms with Crippen LogP contribution in [0.4, 0.5) is 0 Å². The van der Waals surface area contributed by atoms with Gasteiger partial charge in [0.15, 0.2) is 0 Å². The van der Waals surface area contributed by atoms with E-state index in [1.807, 2.05) is 48.7 Å². The number of allylic oxidation sites excluding steroid dienone is 1. The molecule has 1 aromatic carbocycles. The SMILES string of the molecule is N#CC(=Cc1c[nH]c2ccccc12)c1cccnc1.